The molecule has 2 aromatic rings. The van der Waals surface area contributed by atoms with Gasteiger partial charge in [0, 0.05) is 31.8 Å². The Morgan fingerprint density at radius 2 is 2.25 bits per heavy atom. The average molecular weight is 357 g/mol. The molecule has 0 bridgehead atoms. The van der Waals surface area contributed by atoms with E-state index in [1.165, 1.54) is 0 Å². The maximum atomic E-state index is 14.1. The molecule has 0 aliphatic rings. The lowest BCUT2D eigenvalue weighted by Gasteiger charge is -2.10. The Morgan fingerprint density at radius 3 is 2.85 bits per heavy atom. The van der Waals surface area contributed by atoms with Crippen LogP contribution in [0.1, 0.15) is 11.3 Å². The van der Waals surface area contributed by atoms with Crippen LogP contribution in [0.5, 0.6) is 0 Å². The van der Waals surface area contributed by atoms with E-state index >= 15 is 0 Å². The Kier molecular flexibility index (Phi) is 4.72. The van der Waals surface area contributed by atoms with E-state index in [1.54, 1.807) is 16.8 Å². The fourth-order valence-electron chi connectivity index (χ4n) is 1.80. The molecule has 0 unspecified atom stereocenters. The number of halogens is 2. The highest BCUT2D eigenvalue weighted by molar-refractivity contribution is 9.10. The number of nitrogens with one attached hydrogen (secondary N) is 1. The summed E-state index contributed by atoms with van der Waals surface area (Å²) in [6.45, 7) is 0.590. The largest absolute Gasteiger partial charge is 0.389 e. The lowest BCUT2D eigenvalue weighted by molar-refractivity contribution is 0.623. The van der Waals surface area contributed by atoms with E-state index in [2.05, 4.69) is 26.3 Å². The summed E-state index contributed by atoms with van der Waals surface area (Å²) < 4.78 is 16.1. The van der Waals surface area contributed by atoms with Gasteiger partial charge in [-0.05, 0) is 34.1 Å². The molecule has 0 radical (unpaired) electrons. The van der Waals surface area contributed by atoms with Crippen LogP contribution in [0.4, 0.5) is 10.1 Å². The van der Waals surface area contributed by atoms with Crippen LogP contribution in [0, 0.1) is 5.82 Å². The molecule has 0 atom stereocenters. The molecule has 20 heavy (non-hydrogen) atoms. The lowest BCUT2D eigenvalue weighted by atomic mass is 10.2. The highest BCUT2D eigenvalue weighted by Gasteiger charge is 2.12. The van der Waals surface area contributed by atoms with E-state index in [-0.39, 0.29) is 9.46 Å². The van der Waals surface area contributed by atoms with E-state index in [0.717, 1.165) is 12.1 Å². The summed E-state index contributed by atoms with van der Waals surface area (Å²) in [6, 6.07) is 5.26. The summed E-state index contributed by atoms with van der Waals surface area (Å²) in [5.74, 6) is -0.392. The minimum atomic E-state index is -0.392. The van der Waals surface area contributed by atoms with Gasteiger partial charge < -0.3 is 11.1 Å². The molecular weight excluding hydrogens is 343 g/mol. The zero-order valence-electron chi connectivity index (χ0n) is 10.9. The minimum Gasteiger partial charge on any atom is -0.389 e. The average Bonchev–Trinajstić information content (AvgIpc) is 2.80. The zero-order chi connectivity index (χ0) is 14.7. The molecule has 106 valence electrons. The summed E-state index contributed by atoms with van der Waals surface area (Å²) in [6.07, 6.45) is 2.60. The third-order valence-electron chi connectivity index (χ3n) is 2.81. The SMILES string of the molecule is Cn1ccc(CCNc2ccc(C(N)=S)c(Br)c2F)n1. The van der Waals surface area contributed by atoms with Gasteiger partial charge in [-0.2, -0.15) is 5.10 Å². The van der Waals surface area contributed by atoms with Crippen LogP contribution in [0.2, 0.25) is 0 Å². The van der Waals surface area contributed by atoms with E-state index in [1.807, 2.05) is 19.3 Å². The van der Waals surface area contributed by atoms with Crippen molar-refractivity contribution >= 4 is 38.8 Å². The molecule has 1 heterocycles. The van der Waals surface area contributed by atoms with Crippen molar-refractivity contribution in [2.24, 2.45) is 12.8 Å². The first-order chi connectivity index (χ1) is 9.49. The van der Waals surface area contributed by atoms with Crippen molar-refractivity contribution in [2.75, 3.05) is 11.9 Å². The molecule has 0 fully saturated rings. The lowest BCUT2D eigenvalue weighted by Crippen LogP contribution is -2.13. The van der Waals surface area contributed by atoms with Crippen molar-refractivity contribution in [1.29, 1.82) is 0 Å². The molecule has 1 aromatic heterocycles. The van der Waals surface area contributed by atoms with E-state index in [9.17, 15) is 4.39 Å². The predicted octanol–water partition coefficient (Wildman–Crippen LogP) is 2.61. The molecule has 0 saturated carbocycles. The molecule has 1 aromatic carbocycles. The normalized spacial score (nSPS) is 10.6. The topological polar surface area (TPSA) is 55.9 Å². The van der Waals surface area contributed by atoms with Crippen LogP contribution in [-0.4, -0.2) is 21.3 Å². The van der Waals surface area contributed by atoms with Crippen molar-refractivity contribution in [2.45, 2.75) is 6.42 Å². The highest BCUT2D eigenvalue weighted by atomic mass is 79.9. The Morgan fingerprint density at radius 1 is 1.50 bits per heavy atom. The van der Waals surface area contributed by atoms with Gasteiger partial charge >= 0.3 is 0 Å². The summed E-state index contributed by atoms with van der Waals surface area (Å²) >= 11 is 8.03. The van der Waals surface area contributed by atoms with Crippen molar-refractivity contribution in [3.8, 4) is 0 Å². The van der Waals surface area contributed by atoms with Crippen LogP contribution >= 0.6 is 28.1 Å². The molecular formula is C13H14BrFN4S. The monoisotopic (exact) mass is 356 g/mol. The van der Waals surface area contributed by atoms with Crippen molar-refractivity contribution in [3.63, 3.8) is 0 Å². The van der Waals surface area contributed by atoms with Gasteiger partial charge in [0.15, 0.2) is 5.82 Å². The summed E-state index contributed by atoms with van der Waals surface area (Å²) in [7, 11) is 1.86. The van der Waals surface area contributed by atoms with Gasteiger partial charge in [0.05, 0.1) is 15.9 Å². The van der Waals surface area contributed by atoms with Crippen molar-refractivity contribution < 1.29 is 4.39 Å². The number of nitrogens with two attached hydrogens (primary N) is 1. The van der Waals surface area contributed by atoms with Crippen LogP contribution in [-0.2, 0) is 13.5 Å². The maximum Gasteiger partial charge on any atom is 0.161 e. The van der Waals surface area contributed by atoms with E-state index in [4.69, 9.17) is 18.0 Å². The van der Waals surface area contributed by atoms with E-state index in [0.29, 0.717) is 17.8 Å². The molecule has 7 heteroatoms. The number of thiocarbonyl (C=S) groups is 1. The van der Waals surface area contributed by atoms with Crippen LogP contribution in [0.15, 0.2) is 28.9 Å². The first kappa shape index (κ1) is 14.9. The fraction of sp³-hybridized carbons (Fsp3) is 0.231. The first-order valence-electron chi connectivity index (χ1n) is 5.99. The van der Waals surface area contributed by atoms with Gasteiger partial charge in [-0.1, -0.05) is 12.2 Å². The molecule has 0 saturated heterocycles. The second-order valence-corrected chi connectivity index (χ2v) is 5.54. The number of aromatic nitrogens is 2. The Labute approximate surface area is 130 Å². The standard InChI is InChI=1S/C13H14BrFN4S/c1-19-7-5-8(18-19)4-6-17-10-3-2-9(13(16)20)11(14)12(10)15/h2-3,5,7,17H,4,6H2,1H3,(H2,16,20). The number of anilines is 1. The fourth-order valence-corrected chi connectivity index (χ4v) is 2.66. The Bertz CT molecular complexity index is 641. The van der Waals surface area contributed by atoms with Gasteiger partial charge in [-0.25, -0.2) is 4.39 Å². The molecule has 2 rings (SSSR count). The van der Waals surface area contributed by atoms with Gasteiger partial charge in [0.25, 0.3) is 0 Å². The number of hydrogen-bond acceptors (Lipinski definition) is 3. The quantitative estimate of drug-likeness (QED) is 0.808. The van der Waals surface area contributed by atoms with Crippen molar-refractivity contribution in [1.82, 2.24) is 9.78 Å². The van der Waals surface area contributed by atoms with Crippen LogP contribution in [0.25, 0.3) is 0 Å². The van der Waals surface area contributed by atoms with Gasteiger partial charge in [0.1, 0.15) is 4.99 Å². The Balaban J connectivity index is 2.03. The summed E-state index contributed by atoms with van der Waals surface area (Å²) in [5, 5.41) is 7.30. The molecule has 4 nitrogen and oxygen atoms in total. The van der Waals surface area contributed by atoms with Gasteiger partial charge in [-0.15, -0.1) is 0 Å². The van der Waals surface area contributed by atoms with Crippen molar-refractivity contribution in [3.05, 3.63) is 45.9 Å². The third kappa shape index (κ3) is 3.34. The molecule has 0 spiro atoms. The van der Waals surface area contributed by atoms with E-state index < -0.39 is 5.82 Å². The van der Waals surface area contributed by atoms with Gasteiger partial charge in [0.2, 0.25) is 0 Å². The van der Waals surface area contributed by atoms with Crippen LogP contribution < -0.4 is 11.1 Å². The molecule has 0 aliphatic carbocycles. The number of nitrogens with zero attached hydrogens (tertiary/aromatic N) is 2. The molecule has 0 amide bonds. The van der Waals surface area contributed by atoms with Crippen LogP contribution in [0.3, 0.4) is 0 Å². The first-order valence-corrected chi connectivity index (χ1v) is 7.19. The summed E-state index contributed by atoms with van der Waals surface area (Å²) in [5.41, 5.74) is 7.38. The summed E-state index contributed by atoms with van der Waals surface area (Å²) in [4.78, 5) is 0.163. The number of hydrogen-bond donors (Lipinski definition) is 2. The molecule has 3 N–H and O–H groups in total. The predicted molar refractivity (Wildman–Crippen MR) is 85.4 cm³/mol. The maximum absolute atomic E-state index is 14.1. The number of rotatable bonds is 5. The second kappa shape index (κ2) is 6.32. The minimum absolute atomic E-state index is 0.163. The second-order valence-electron chi connectivity index (χ2n) is 4.31. The Hall–Kier alpha value is -1.47. The highest BCUT2D eigenvalue weighted by Crippen LogP contribution is 2.27. The molecule has 0 aliphatic heterocycles. The third-order valence-corrected chi connectivity index (χ3v) is 3.81. The zero-order valence-corrected chi connectivity index (χ0v) is 13.3. The van der Waals surface area contributed by atoms with Gasteiger partial charge in [-0.3, -0.25) is 4.68 Å². The smallest absolute Gasteiger partial charge is 0.161 e. The number of benzene rings is 1. The number of aryl methyl sites for hydroxylation is 1.